The lowest BCUT2D eigenvalue weighted by Crippen LogP contribution is -2.39. The molecule has 0 spiro atoms. The van der Waals surface area contributed by atoms with Crippen LogP contribution in [0.1, 0.15) is 38.5 Å². The topological polar surface area (TPSA) is 64.4 Å². The van der Waals surface area contributed by atoms with Crippen molar-refractivity contribution >= 4 is 5.91 Å². The van der Waals surface area contributed by atoms with E-state index < -0.39 is 18.7 Å². The minimum atomic E-state index is -4.44. The second-order valence-electron chi connectivity index (χ2n) is 4.87. The molecular formula is C11H19F3N2O2. The van der Waals surface area contributed by atoms with Crippen LogP contribution < -0.4 is 11.2 Å². The summed E-state index contributed by atoms with van der Waals surface area (Å²) < 4.78 is 35.4. The molecule has 0 radical (unpaired) electrons. The molecule has 0 aromatic rings. The first-order valence-electron chi connectivity index (χ1n) is 6.04. The first-order valence-corrected chi connectivity index (χ1v) is 6.04. The molecule has 18 heavy (non-hydrogen) atoms. The Balaban J connectivity index is 2.33. The molecule has 0 bridgehead atoms. The summed E-state index contributed by atoms with van der Waals surface area (Å²) in [4.78, 5) is 15.6. The van der Waals surface area contributed by atoms with Crippen LogP contribution in [0.5, 0.6) is 0 Å². The molecule has 0 aromatic heterocycles. The van der Waals surface area contributed by atoms with Crippen molar-refractivity contribution in [3.8, 4) is 0 Å². The van der Waals surface area contributed by atoms with Gasteiger partial charge in [0.25, 0.3) is 0 Å². The zero-order chi connectivity index (χ0) is 13.6. The van der Waals surface area contributed by atoms with Gasteiger partial charge in [0, 0.05) is 6.42 Å². The number of halogens is 3. The van der Waals surface area contributed by atoms with Gasteiger partial charge in [-0.3, -0.25) is 9.63 Å². The van der Waals surface area contributed by atoms with Gasteiger partial charge < -0.3 is 5.73 Å². The van der Waals surface area contributed by atoms with Crippen LogP contribution in [0.15, 0.2) is 0 Å². The van der Waals surface area contributed by atoms with Gasteiger partial charge in [-0.25, -0.2) is 5.48 Å². The monoisotopic (exact) mass is 268 g/mol. The summed E-state index contributed by atoms with van der Waals surface area (Å²) in [7, 11) is 0. The number of hydrogen-bond donors (Lipinski definition) is 2. The third kappa shape index (κ3) is 5.22. The molecule has 1 amide bonds. The van der Waals surface area contributed by atoms with Gasteiger partial charge in [-0.15, -0.1) is 0 Å². The van der Waals surface area contributed by atoms with Crippen LogP contribution >= 0.6 is 0 Å². The molecule has 0 heterocycles. The van der Waals surface area contributed by atoms with E-state index in [1.54, 1.807) is 0 Å². The van der Waals surface area contributed by atoms with Crippen LogP contribution in [-0.2, 0) is 9.63 Å². The Kier molecular flexibility index (Phi) is 5.40. The molecule has 7 heteroatoms. The fraction of sp³-hybridized carbons (Fsp3) is 0.909. The highest BCUT2D eigenvalue weighted by Crippen LogP contribution is 2.38. The van der Waals surface area contributed by atoms with Crippen molar-refractivity contribution in [1.29, 1.82) is 0 Å². The predicted molar refractivity (Wildman–Crippen MR) is 59.3 cm³/mol. The fourth-order valence-corrected chi connectivity index (χ4v) is 2.33. The van der Waals surface area contributed by atoms with E-state index >= 15 is 0 Å². The van der Waals surface area contributed by atoms with Crippen molar-refractivity contribution in [3.63, 3.8) is 0 Å². The van der Waals surface area contributed by atoms with E-state index in [2.05, 4.69) is 4.84 Å². The summed E-state index contributed by atoms with van der Waals surface area (Å²) in [5.74, 6) is -0.536. The maximum atomic E-state index is 11.8. The molecule has 0 atom stereocenters. The number of amides is 1. The molecule has 0 saturated heterocycles. The number of carbonyl (C=O) groups excluding carboxylic acids is 1. The highest BCUT2D eigenvalue weighted by Gasteiger charge is 2.33. The number of hydrogen-bond acceptors (Lipinski definition) is 3. The van der Waals surface area contributed by atoms with E-state index in [0.29, 0.717) is 6.54 Å². The lowest BCUT2D eigenvalue weighted by Gasteiger charge is -2.35. The number of nitrogens with two attached hydrogens (primary N) is 1. The van der Waals surface area contributed by atoms with Crippen LogP contribution in [-0.4, -0.2) is 25.2 Å². The van der Waals surface area contributed by atoms with Gasteiger partial charge in [0.15, 0.2) is 6.61 Å². The second-order valence-corrected chi connectivity index (χ2v) is 4.87. The molecule has 4 nitrogen and oxygen atoms in total. The Morgan fingerprint density at radius 3 is 2.39 bits per heavy atom. The molecule has 0 aromatic carbocycles. The van der Waals surface area contributed by atoms with Crippen LogP contribution in [0.2, 0.25) is 0 Å². The molecule has 1 rings (SSSR count). The zero-order valence-electron chi connectivity index (χ0n) is 10.2. The van der Waals surface area contributed by atoms with Crippen molar-refractivity contribution in [2.75, 3.05) is 13.2 Å². The highest BCUT2D eigenvalue weighted by atomic mass is 19.4. The standard InChI is InChI=1S/C11H19F3N2O2/c12-11(13,14)8-18-16-9(17)6-10(7-15)4-2-1-3-5-10/h1-8,15H2,(H,16,17). The van der Waals surface area contributed by atoms with Gasteiger partial charge in [-0.1, -0.05) is 19.3 Å². The summed E-state index contributed by atoms with van der Waals surface area (Å²) in [6.07, 6.45) is 0.507. The van der Waals surface area contributed by atoms with E-state index in [-0.39, 0.29) is 11.8 Å². The van der Waals surface area contributed by atoms with Gasteiger partial charge in [-0.05, 0) is 24.8 Å². The molecule has 1 saturated carbocycles. The summed E-state index contributed by atoms with van der Waals surface area (Å²) >= 11 is 0. The summed E-state index contributed by atoms with van der Waals surface area (Å²) in [5.41, 5.74) is 7.24. The van der Waals surface area contributed by atoms with Crippen molar-refractivity contribution < 1.29 is 22.8 Å². The summed E-state index contributed by atoms with van der Waals surface area (Å²) in [5, 5.41) is 0. The Morgan fingerprint density at radius 2 is 1.89 bits per heavy atom. The lowest BCUT2D eigenvalue weighted by molar-refractivity contribution is -0.192. The fourth-order valence-electron chi connectivity index (χ4n) is 2.33. The normalized spacial score (nSPS) is 19.6. The van der Waals surface area contributed by atoms with E-state index in [9.17, 15) is 18.0 Å². The number of hydroxylamine groups is 1. The maximum absolute atomic E-state index is 11.8. The average Bonchev–Trinajstić information content (AvgIpc) is 2.28. The van der Waals surface area contributed by atoms with Gasteiger partial charge >= 0.3 is 6.18 Å². The highest BCUT2D eigenvalue weighted by molar-refractivity contribution is 5.75. The molecule has 0 unspecified atom stereocenters. The van der Waals surface area contributed by atoms with E-state index in [1.165, 1.54) is 0 Å². The average molecular weight is 268 g/mol. The molecule has 0 aliphatic heterocycles. The summed E-state index contributed by atoms with van der Waals surface area (Å²) in [6, 6.07) is 0. The van der Waals surface area contributed by atoms with Crippen molar-refractivity contribution in [1.82, 2.24) is 5.48 Å². The van der Waals surface area contributed by atoms with Crippen molar-refractivity contribution in [2.45, 2.75) is 44.7 Å². The van der Waals surface area contributed by atoms with Crippen LogP contribution in [0.4, 0.5) is 13.2 Å². The number of nitrogens with one attached hydrogen (secondary N) is 1. The smallest absolute Gasteiger partial charge is 0.330 e. The first kappa shape index (κ1) is 15.2. The predicted octanol–water partition coefficient (Wildman–Crippen LogP) is 1.90. The molecule has 1 aliphatic rings. The van der Waals surface area contributed by atoms with Crippen molar-refractivity contribution in [2.24, 2.45) is 11.1 Å². The molecule has 3 N–H and O–H groups in total. The third-order valence-electron chi connectivity index (χ3n) is 3.30. The van der Waals surface area contributed by atoms with Gasteiger partial charge in [0.2, 0.25) is 5.91 Å². The molecule has 1 aliphatic carbocycles. The van der Waals surface area contributed by atoms with E-state index in [0.717, 1.165) is 32.1 Å². The maximum Gasteiger partial charge on any atom is 0.414 e. The van der Waals surface area contributed by atoms with Gasteiger partial charge in [-0.2, -0.15) is 13.2 Å². The Labute approximate surface area is 104 Å². The Morgan fingerprint density at radius 1 is 1.28 bits per heavy atom. The third-order valence-corrected chi connectivity index (χ3v) is 3.30. The Hall–Kier alpha value is -0.820. The largest absolute Gasteiger partial charge is 0.414 e. The molecule has 106 valence electrons. The minimum absolute atomic E-state index is 0.126. The lowest BCUT2D eigenvalue weighted by atomic mass is 9.72. The quantitative estimate of drug-likeness (QED) is 0.748. The zero-order valence-corrected chi connectivity index (χ0v) is 10.2. The SMILES string of the molecule is NCC1(CC(=O)NOCC(F)(F)F)CCCCC1. The van der Waals surface area contributed by atoms with Crippen molar-refractivity contribution in [3.05, 3.63) is 0 Å². The number of rotatable bonds is 5. The molecule has 1 fully saturated rings. The van der Waals surface area contributed by atoms with E-state index in [1.807, 2.05) is 5.48 Å². The first-order chi connectivity index (χ1) is 8.37. The summed E-state index contributed by atoms with van der Waals surface area (Å²) in [6.45, 7) is -1.10. The number of alkyl halides is 3. The molecular weight excluding hydrogens is 249 g/mol. The number of carbonyl (C=O) groups is 1. The van der Waals surface area contributed by atoms with Gasteiger partial charge in [0.05, 0.1) is 0 Å². The van der Waals surface area contributed by atoms with E-state index in [4.69, 9.17) is 5.73 Å². The van der Waals surface area contributed by atoms with Crippen LogP contribution in [0, 0.1) is 5.41 Å². The van der Waals surface area contributed by atoms with Gasteiger partial charge in [0.1, 0.15) is 0 Å². The van der Waals surface area contributed by atoms with Crippen LogP contribution in [0.3, 0.4) is 0 Å². The minimum Gasteiger partial charge on any atom is -0.330 e. The second kappa shape index (κ2) is 6.38. The Bertz CT molecular complexity index is 276. The van der Waals surface area contributed by atoms with Crippen LogP contribution in [0.25, 0.3) is 0 Å².